The molecule has 0 aromatic heterocycles. The number of halogens is 2. The number of aliphatic carboxylic acids is 1. The lowest BCUT2D eigenvalue weighted by Gasteiger charge is -2.33. The van der Waals surface area contributed by atoms with Crippen LogP contribution in [0, 0.1) is 5.41 Å². The minimum absolute atomic E-state index is 0.184. The number of carbonyl (C=O) groups is 2. The summed E-state index contributed by atoms with van der Waals surface area (Å²) in [6, 6.07) is 5.29. The molecule has 1 aromatic rings. The Labute approximate surface area is 140 Å². The van der Waals surface area contributed by atoms with Gasteiger partial charge in [0.25, 0.3) is 5.91 Å². The number of carboxylic acid groups (broad SMARTS) is 1. The predicted octanol–water partition coefficient (Wildman–Crippen LogP) is 3.98. The molecule has 0 unspecified atom stereocenters. The maximum atomic E-state index is 12.2. The monoisotopic (exact) mass is 417 g/mol. The van der Waals surface area contributed by atoms with E-state index in [9.17, 15) is 14.7 Å². The summed E-state index contributed by atoms with van der Waals surface area (Å²) < 4.78 is 1.56. The summed E-state index contributed by atoms with van der Waals surface area (Å²) in [5.74, 6) is -1.06. The van der Waals surface area contributed by atoms with E-state index in [0.717, 1.165) is 23.7 Å². The third-order valence-electron chi connectivity index (χ3n) is 4.03. The van der Waals surface area contributed by atoms with Gasteiger partial charge in [-0.25, -0.2) is 0 Å². The first-order valence-electron chi connectivity index (χ1n) is 6.91. The molecule has 0 atom stereocenters. The quantitative estimate of drug-likeness (QED) is 0.777. The number of nitrogens with one attached hydrogen (secondary N) is 1. The summed E-state index contributed by atoms with van der Waals surface area (Å²) in [6.07, 6.45) is 4.14. The Morgan fingerprint density at radius 3 is 2.43 bits per heavy atom. The van der Waals surface area contributed by atoms with Gasteiger partial charge >= 0.3 is 5.97 Å². The highest BCUT2D eigenvalue weighted by atomic mass is 79.9. The van der Waals surface area contributed by atoms with Crippen LogP contribution in [-0.4, -0.2) is 23.5 Å². The van der Waals surface area contributed by atoms with E-state index >= 15 is 0 Å². The molecule has 1 aromatic carbocycles. The van der Waals surface area contributed by atoms with E-state index in [0.29, 0.717) is 22.9 Å². The zero-order chi connectivity index (χ0) is 15.5. The van der Waals surface area contributed by atoms with Gasteiger partial charge in [0.1, 0.15) is 0 Å². The van der Waals surface area contributed by atoms with Gasteiger partial charge in [0, 0.05) is 15.5 Å². The van der Waals surface area contributed by atoms with Gasteiger partial charge in [-0.2, -0.15) is 0 Å². The standard InChI is InChI=1S/C15H17Br2NO3/c16-10-4-5-11(12(17)8-10)13(19)18-9-15(14(20)21)6-2-1-3-7-15/h4-5,8H,1-3,6-7,9H2,(H,18,19)(H,20,21). The van der Waals surface area contributed by atoms with Crippen LogP contribution in [0.25, 0.3) is 0 Å². The number of amides is 1. The van der Waals surface area contributed by atoms with Crippen LogP contribution in [-0.2, 0) is 4.79 Å². The van der Waals surface area contributed by atoms with Crippen molar-refractivity contribution in [3.63, 3.8) is 0 Å². The van der Waals surface area contributed by atoms with Crippen LogP contribution in [0.1, 0.15) is 42.5 Å². The number of carboxylic acids is 1. The fourth-order valence-electron chi connectivity index (χ4n) is 2.71. The van der Waals surface area contributed by atoms with E-state index in [2.05, 4.69) is 37.2 Å². The Morgan fingerprint density at radius 1 is 1.19 bits per heavy atom. The summed E-state index contributed by atoms with van der Waals surface area (Å²) in [7, 11) is 0. The second-order valence-electron chi connectivity index (χ2n) is 5.45. The molecule has 1 amide bonds. The van der Waals surface area contributed by atoms with Crippen molar-refractivity contribution < 1.29 is 14.7 Å². The van der Waals surface area contributed by atoms with Crippen molar-refractivity contribution in [3.05, 3.63) is 32.7 Å². The predicted molar refractivity (Wildman–Crippen MR) is 87.3 cm³/mol. The van der Waals surface area contributed by atoms with E-state index in [1.54, 1.807) is 18.2 Å². The zero-order valence-corrected chi connectivity index (χ0v) is 14.7. The maximum absolute atomic E-state index is 12.2. The number of benzene rings is 1. The molecule has 0 spiro atoms. The molecule has 0 radical (unpaired) electrons. The molecule has 0 bridgehead atoms. The van der Waals surface area contributed by atoms with E-state index < -0.39 is 11.4 Å². The maximum Gasteiger partial charge on any atom is 0.311 e. The van der Waals surface area contributed by atoms with Crippen LogP contribution in [0.5, 0.6) is 0 Å². The van der Waals surface area contributed by atoms with Gasteiger partial charge < -0.3 is 10.4 Å². The topological polar surface area (TPSA) is 66.4 Å². The Bertz CT molecular complexity index is 554. The third-order valence-corrected chi connectivity index (χ3v) is 5.18. The van der Waals surface area contributed by atoms with Gasteiger partial charge in [0.15, 0.2) is 0 Å². The van der Waals surface area contributed by atoms with E-state index in [4.69, 9.17) is 0 Å². The Morgan fingerprint density at radius 2 is 1.86 bits per heavy atom. The van der Waals surface area contributed by atoms with Crippen LogP contribution in [0.15, 0.2) is 27.1 Å². The molecule has 1 aliphatic rings. The molecule has 2 rings (SSSR count). The van der Waals surface area contributed by atoms with Gasteiger partial charge in [-0.05, 0) is 47.0 Å². The van der Waals surface area contributed by atoms with Gasteiger partial charge in [-0.15, -0.1) is 0 Å². The largest absolute Gasteiger partial charge is 0.481 e. The smallest absolute Gasteiger partial charge is 0.311 e. The Hall–Kier alpha value is -0.880. The Kier molecular flexibility index (Phi) is 5.43. The highest BCUT2D eigenvalue weighted by molar-refractivity contribution is 9.11. The fourth-order valence-corrected chi connectivity index (χ4v) is 3.94. The average molecular weight is 419 g/mol. The molecule has 0 saturated heterocycles. The van der Waals surface area contributed by atoms with Crippen molar-refractivity contribution in [2.24, 2.45) is 5.41 Å². The van der Waals surface area contributed by atoms with Gasteiger partial charge in [-0.1, -0.05) is 35.2 Å². The zero-order valence-electron chi connectivity index (χ0n) is 11.5. The van der Waals surface area contributed by atoms with E-state index in [1.165, 1.54) is 0 Å². The molecule has 1 aliphatic carbocycles. The van der Waals surface area contributed by atoms with Crippen molar-refractivity contribution in [2.45, 2.75) is 32.1 Å². The molecule has 1 saturated carbocycles. The second kappa shape index (κ2) is 6.92. The Balaban J connectivity index is 2.07. The van der Waals surface area contributed by atoms with Gasteiger partial charge in [0.05, 0.1) is 11.0 Å². The first-order chi connectivity index (χ1) is 9.94. The van der Waals surface area contributed by atoms with Crippen molar-refractivity contribution >= 4 is 43.7 Å². The molecule has 6 heteroatoms. The van der Waals surface area contributed by atoms with E-state index in [1.807, 2.05) is 0 Å². The molecule has 114 valence electrons. The van der Waals surface area contributed by atoms with Crippen molar-refractivity contribution in [1.82, 2.24) is 5.32 Å². The minimum atomic E-state index is -0.810. The molecule has 21 heavy (non-hydrogen) atoms. The first-order valence-corrected chi connectivity index (χ1v) is 8.50. The normalized spacial score (nSPS) is 17.2. The molecule has 1 fully saturated rings. The van der Waals surface area contributed by atoms with Gasteiger partial charge in [0.2, 0.25) is 0 Å². The van der Waals surface area contributed by atoms with Gasteiger partial charge in [-0.3, -0.25) is 9.59 Å². The van der Waals surface area contributed by atoms with Crippen LogP contribution in [0.4, 0.5) is 0 Å². The molecular weight excluding hydrogens is 402 g/mol. The highest BCUT2D eigenvalue weighted by Gasteiger charge is 2.39. The second-order valence-corrected chi connectivity index (χ2v) is 7.22. The number of carbonyl (C=O) groups excluding carboxylic acids is 1. The summed E-state index contributed by atoms with van der Waals surface area (Å²) in [5.41, 5.74) is -0.301. The lowest BCUT2D eigenvalue weighted by Crippen LogP contribution is -2.44. The summed E-state index contributed by atoms with van der Waals surface area (Å²) in [6.45, 7) is 0.184. The van der Waals surface area contributed by atoms with Crippen LogP contribution in [0.3, 0.4) is 0 Å². The van der Waals surface area contributed by atoms with Crippen LogP contribution in [0.2, 0.25) is 0 Å². The van der Waals surface area contributed by atoms with Crippen molar-refractivity contribution in [1.29, 1.82) is 0 Å². The summed E-state index contributed by atoms with van der Waals surface area (Å²) in [4.78, 5) is 23.8. The lowest BCUT2D eigenvalue weighted by atomic mass is 9.74. The summed E-state index contributed by atoms with van der Waals surface area (Å²) >= 11 is 6.68. The van der Waals surface area contributed by atoms with Crippen LogP contribution >= 0.6 is 31.9 Å². The summed E-state index contributed by atoms with van der Waals surface area (Å²) in [5, 5.41) is 12.3. The first kappa shape index (κ1) is 16.5. The SMILES string of the molecule is O=C(NCC1(C(=O)O)CCCCC1)c1ccc(Br)cc1Br. The fraction of sp³-hybridized carbons (Fsp3) is 0.467. The highest BCUT2D eigenvalue weighted by Crippen LogP contribution is 2.36. The van der Waals surface area contributed by atoms with E-state index in [-0.39, 0.29) is 12.5 Å². The van der Waals surface area contributed by atoms with Crippen LogP contribution < -0.4 is 5.32 Å². The molecule has 4 nitrogen and oxygen atoms in total. The molecule has 0 heterocycles. The number of hydrogen-bond acceptors (Lipinski definition) is 2. The third kappa shape index (κ3) is 3.86. The lowest BCUT2D eigenvalue weighted by molar-refractivity contribution is -0.150. The minimum Gasteiger partial charge on any atom is -0.481 e. The van der Waals surface area contributed by atoms with Crippen molar-refractivity contribution in [3.8, 4) is 0 Å². The number of hydrogen-bond donors (Lipinski definition) is 2. The molecule has 2 N–H and O–H groups in total. The number of rotatable bonds is 4. The molecular formula is C15H17Br2NO3. The average Bonchev–Trinajstić information content (AvgIpc) is 2.45. The van der Waals surface area contributed by atoms with Crippen molar-refractivity contribution in [2.75, 3.05) is 6.54 Å². The molecule has 0 aliphatic heterocycles.